The van der Waals surface area contributed by atoms with Gasteiger partial charge in [-0.25, -0.2) is 9.78 Å². The summed E-state index contributed by atoms with van der Waals surface area (Å²) in [6.07, 6.45) is 4.51. The molecule has 134 valence electrons. The maximum atomic E-state index is 12.2. The van der Waals surface area contributed by atoms with Gasteiger partial charge in [-0.2, -0.15) is 0 Å². The van der Waals surface area contributed by atoms with Gasteiger partial charge in [-0.1, -0.05) is 0 Å². The van der Waals surface area contributed by atoms with Gasteiger partial charge in [0.1, 0.15) is 0 Å². The van der Waals surface area contributed by atoms with Crippen LogP contribution in [0.4, 0.5) is 4.79 Å². The maximum Gasteiger partial charge on any atom is 0.319 e. The van der Waals surface area contributed by atoms with Crippen LogP contribution in [0.25, 0.3) is 0 Å². The fraction of sp³-hybridized carbons (Fsp3) is 0.706. The molecule has 3 amide bonds. The van der Waals surface area contributed by atoms with Crippen molar-refractivity contribution in [1.82, 2.24) is 20.1 Å². The number of rotatable bonds is 6. The zero-order chi connectivity index (χ0) is 17.5. The summed E-state index contributed by atoms with van der Waals surface area (Å²) in [4.78, 5) is 31.9. The number of hydrogen-bond acceptors (Lipinski definition) is 4. The lowest BCUT2D eigenvalue weighted by atomic mass is 9.96. The van der Waals surface area contributed by atoms with Crippen LogP contribution in [0.1, 0.15) is 36.4 Å². The Labute approximate surface area is 148 Å². The summed E-state index contributed by atoms with van der Waals surface area (Å²) in [5.41, 5.74) is 1.09. The summed E-state index contributed by atoms with van der Waals surface area (Å²) >= 11 is 1.71. The molecule has 0 bridgehead atoms. The molecule has 24 heavy (non-hydrogen) atoms. The third-order valence-electron chi connectivity index (χ3n) is 4.30. The largest absolute Gasteiger partial charge is 0.356 e. The fourth-order valence-corrected chi connectivity index (χ4v) is 3.71. The molecule has 1 fully saturated rings. The van der Waals surface area contributed by atoms with Crippen molar-refractivity contribution in [1.29, 1.82) is 0 Å². The van der Waals surface area contributed by atoms with E-state index in [0.29, 0.717) is 13.1 Å². The Balaban J connectivity index is 1.59. The summed E-state index contributed by atoms with van der Waals surface area (Å²) in [6.45, 7) is 4.06. The molecule has 1 aromatic rings. The van der Waals surface area contributed by atoms with Crippen molar-refractivity contribution in [3.05, 3.63) is 16.1 Å². The van der Waals surface area contributed by atoms with Crippen molar-refractivity contribution in [2.45, 2.75) is 39.0 Å². The van der Waals surface area contributed by atoms with E-state index in [9.17, 15) is 9.59 Å². The number of amides is 3. The molecule has 0 radical (unpaired) electrons. The number of carbonyl (C=O) groups is 2. The monoisotopic (exact) mass is 352 g/mol. The molecule has 0 unspecified atom stereocenters. The van der Waals surface area contributed by atoms with Crippen LogP contribution in [0.3, 0.4) is 0 Å². The van der Waals surface area contributed by atoms with Crippen LogP contribution >= 0.6 is 11.3 Å². The molecule has 1 N–H and O–H groups in total. The number of carbonyl (C=O) groups excluding carboxylic acids is 2. The molecular weight excluding hydrogens is 324 g/mol. The van der Waals surface area contributed by atoms with Crippen molar-refractivity contribution in [2.75, 3.05) is 33.7 Å². The summed E-state index contributed by atoms with van der Waals surface area (Å²) in [6, 6.07) is 0.0336. The first-order valence-corrected chi connectivity index (χ1v) is 9.50. The number of nitrogens with zero attached hydrogens (tertiary/aromatic N) is 3. The standard InChI is InChI=1S/C17H28N4O2S/c1-13-12-24-15(19-13)6-4-5-9-18-16(22)14-7-10-21(11-8-14)17(23)20(2)3/h12,14H,4-11H2,1-3H3,(H,18,22). The average Bonchev–Trinajstić information content (AvgIpc) is 2.99. The van der Waals surface area contributed by atoms with Crippen molar-refractivity contribution in [3.63, 3.8) is 0 Å². The zero-order valence-electron chi connectivity index (χ0n) is 14.9. The third kappa shape index (κ3) is 5.47. The number of urea groups is 1. The first-order chi connectivity index (χ1) is 11.5. The second-order valence-corrected chi connectivity index (χ2v) is 7.51. The minimum atomic E-state index is 0.0336. The molecule has 6 nitrogen and oxygen atoms in total. The smallest absolute Gasteiger partial charge is 0.319 e. The van der Waals surface area contributed by atoms with E-state index >= 15 is 0 Å². The fourth-order valence-electron chi connectivity index (χ4n) is 2.89. The minimum Gasteiger partial charge on any atom is -0.356 e. The number of aryl methyl sites for hydroxylation is 2. The highest BCUT2D eigenvalue weighted by Crippen LogP contribution is 2.18. The highest BCUT2D eigenvalue weighted by molar-refractivity contribution is 7.09. The Morgan fingerprint density at radius 3 is 2.62 bits per heavy atom. The third-order valence-corrected chi connectivity index (χ3v) is 5.33. The van der Waals surface area contributed by atoms with Crippen LogP contribution in [0.2, 0.25) is 0 Å². The molecule has 0 aromatic carbocycles. The van der Waals surface area contributed by atoms with E-state index in [1.54, 1.807) is 30.3 Å². The van der Waals surface area contributed by atoms with Crippen LogP contribution in [0, 0.1) is 12.8 Å². The van der Waals surface area contributed by atoms with Crippen LogP contribution in [-0.4, -0.2) is 60.5 Å². The van der Waals surface area contributed by atoms with Gasteiger partial charge in [0.2, 0.25) is 5.91 Å². The second-order valence-electron chi connectivity index (χ2n) is 6.57. The Morgan fingerprint density at radius 2 is 2.04 bits per heavy atom. The van der Waals surface area contributed by atoms with Gasteiger partial charge in [0.25, 0.3) is 0 Å². The molecular formula is C17H28N4O2S. The van der Waals surface area contributed by atoms with E-state index in [1.165, 1.54) is 5.01 Å². The molecule has 2 heterocycles. The molecule has 1 saturated heterocycles. The molecule has 2 rings (SSSR count). The molecule has 7 heteroatoms. The molecule has 0 atom stereocenters. The first kappa shape index (κ1) is 18.7. The van der Waals surface area contributed by atoms with Crippen LogP contribution in [0.5, 0.6) is 0 Å². The summed E-state index contributed by atoms with van der Waals surface area (Å²) in [5.74, 6) is 0.176. The number of piperidine rings is 1. The number of aromatic nitrogens is 1. The van der Waals surface area contributed by atoms with Crippen LogP contribution in [-0.2, 0) is 11.2 Å². The van der Waals surface area contributed by atoms with Gasteiger partial charge in [0.15, 0.2) is 0 Å². The zero-order valence-corrected chi connectivity index (χ0v) is 15.7. The van der Waals surface area contributed by atoms with E-state index in [2.05, 4.69) is 15.7 Å². The Morgan fingerprint density at radius 1 is 1.33 bits per heavy atom. The second kappa shape index (κ2) is 9.01. The predicted molar refractivity (Wildman–Crippen MR) is 96.2 cm³/mol. The van der Waals surface area contributed by atoms with Gasteiger partial charge < -0.3 is 15.1 Å². The van der Waals surface area contributed by atoms with E-state index in [4.69, 9.17) is 0 Å². The quantitative estimate of drug-likeness (QED) is 0.799. The Hall–Kier alpha value is -1.63. The summed E-state index contributed by atoms with van der Waals surface area (Å²) in [5, 5.41) is 6.29. The summed E-state index contributed by atoms with van der Waals surface area (Å²) < 4.78 is 0. The first-order valence-electron chi connectivity index (χ1n) is 8.62. The number of unbranched alkanes of at least 4 members (excludes halogenated alkanes) is 1. The molecule has 1 aromatic heterocycles. The molecule has 0 aliphatic carbocycles. The lowest BCUT2D eigenvalue weighted by Gasteiger charge is -2.33. The van der Waals surface area contributed by atoms with Crippen molar-refractivity contribution in [2.24, 2.45) is 5.92 Å². The minimum absolute atomic E-state index is 0.0336. The van der Waals surface area contributed by atoms with Crippen molar-refractivity contribution >= 4 is 23.3 Å². The molecule has 0 saturated carbocycles. The normalized spacial score (nSPS) is 15.4. The number of thiazole rings is 1. The van der Waals surface area contributed by atoms with E-state index < -0.39 is 0 Å². The van der Waals surface area contributed by atoms with E-state index in [1.807, 2.05) is 11.8 Å². The van der Waals surface area contributed by atoms with Crippen molar-refractivity contribution < 1.29 is 9.59 Å². The van der Waals surface area contributed by atoms with Gasteiger partial charge in [-0.15, -0.1) is 11.3 Å². The number of hydrogen-bond donors (Lipinski definition) is 1. The van der Waals surface area contributed by atoms with Gasteiger partial charge in [0, 0.05) is 50.7 Å². The van der Waals surface area contributed by atoms with Crippen LogP contribution in [0.15, 0.2) is 5.38 Å². The molecule has 1 aliphatic rings. The number of likely N-dealkylation sites (tertiary alicyclic amines) is 1. The van der Waals surface area contributed by atoms with Gasteiger partial charge in [0.05, 0.1) is 5.01 Å². The SMILES string of the molecule is Cc1csc(CCCCNC(=O)C2CCN(C(=O)N(C)C)CC2)n1. The average molecular weight is 353 g/mol. The Bertz CT molecular complexity index is 551. The van der Waals surface area contributed by atoms with Crippen LogP contribution < -0.4 is 5.32 Å². The lowest BCUT2D eigenvalue weighted by Crippen LogP contribution is -2.46. The Kier molecular flexibility index (Phi) is 7.02. The maximum absolute atomic E-state index is 12.2. The number of nitrogens with one attached hydrogen (secondary N) is 1. The highest BCUT2D eigenvalue weighted by Gasteiger charge is 2.27. The topological polar surface area (TPSA) is 65.5 Å². The van der Waals surface area contributed by atoms with Gasteiger partial charge >= 0.3 is 6.03 Å². The molecule has 0 spiro atoms. The van der Waals surface area contributed by atoms with Crippen molar-refractivity contribution in [3.8, 4) is 0 Å². The summed E-state index contributed by atoms with van der Waals surface area (Å²) in [7, 11) is 3.52. The van der Waals surface area contributed by atoms with E-state index in [0.717, 1.165) is 44.3 Å². The highest BCUT2D eigenvalue weighted by atomic mass is 32.1. The van der Waals surface area contributed by atoms with Gasteiger partial charge in [-0.05, 0) is 39.0 Å². The van der Waals surface area contributed by atoms with Gasteiger partial charge in [-0.3, -0.25) is 4.79 Å². The van der Waals surface area contributed by atoms with E-state index in [-0.39, 0.29) is 17.9 Å². The molecule has 1 aliphatic heterocycles. The lowest BCUT2D eigenvalue weighted by molar-refractivity contribution is -0.126. The predicted octanol–water partition coefficient (Wildman–Crippen LogP) is 2.28.